The Morgan fingerprint density at radius 3 is 2.69 bits per heavy atom. The lowest BCUT2D eigenvalue weighted by atomic mass is 10.2. The maximum absolute atomic E-state index is 11.7. The first kappa shape index (κ1) is 12.3. The summed E-state index contributed by atoms with van der Waals surface area (Å²) in [7, 11) is 1.82. The highest BCUT2D eigenvalue weighted by atomic mass is 19.1. The van der Waals surface area contributed by atoms with Gasteiger partial charge in [-0.25, -0.2) is 0 Å². The molecule has 13 heavy (non-hydrogen) atoms. The van der Waals surface area contributed by atoms with Crippen LogP contribution < -0.4 is 5.73 Å². The van der Waals surface area contributed by atoms with Crippen LogP contribution in [0.15, 0.2) is 0 Å². The maximum atomic E-state index is 11.7. The van der Waals surface area contributed by atoms with Gasteiger partial charge >= 0.3 is 5.97 Å². The molecule has 1 atom stereocenters. The Morgan fingerprint density at radius 2 is 2.23 bits per heavy atom. The number of aliphatic carboxylic acids is 1. The largest absolute Gasteiger partial charge is 0.480 e. The van der Waals surface area contributed by atoms with E-state index in [1.807, 2.05) is 11.9 Å². The number of hydrogen-bond donors (Lipinski definition) is 2. The number of carboxylic acid groups (broad SMARTS) is 1. The lowest BCUT2D eigenvalue weighted by Crippen LogP contribution is -2.34. The van der Waals surface area contributed by atoms with Gasteiger partial charge in [-0.05, 0) is 26.4 Å². The summed E-state index contributed by atoms with van der Waals surface area (Å²) in [5.41, 5.74) is 5.29. The highest BCUT2D eigenvalue weighted by Gasteiger charge is 2.11. The van der Waals surface area contributed by atoms with Crippen molar-refractivity contribution in [2.45, 2.75) is 18.9 Å². The molecule has 0 aliphatic rings. The summed E-state index contributed by atoms with van der Waals surface area (Å²) in [5.74, 6) is -0.987. The molecule has 0 rings (SSSR count). The number of nitrogens with zero attached hydrogens (tertiary/aromatic N) is 1. The van der Waals surface area contributed by atoms with Gasteiger partial charge in [0.1, 0.15) is 6.04 Å². The van der Waals surface area contributed by atoms with Crippen LogP contribution >= 0.6 is 0 Å². The van der Waals surface area contributed by atoms with Crippen LogP contribution in [0.1, 0.15) is 12.8 Å². The number of alkyl halides is 1. The van der Waals surface area contributed by atoms with E-state index in [1.165, 1.54) is 0 Å². The second-order valence-corrected chi connectivity index (χ2v) is 3.08. The molecular weight excluding hydrogens is 175 g/mol. The van der Waals surface area contributed by atoms with Crippen molar-refractivity contribution >= 4 is 5.97 Å². The molecule has 0 amide bonds. The number of carbonyl (C=O) groups is 1. The molecule has 0 heterocycles. The molecule has 0 aliphatic heterocycles. The molecule has 78 valence electrons. The number of rotatable bonds is 7. The molecule has 0 bridgehead atoms. The second-order valence-electron chi connectivity index (χ2n) is 3.08. The minimum atomic E-state index is -0.987. The van der Waals surface area contributed by atoms with E-state index in [4.69, 9.17) is 10.8 Å². The zero-order valence-electron chi connectivity index (χ0n) is 7.87. The van der Waals surface area contributed by atoms with Crippen molar-refractivity contribution in [3.63, 3.8) is 0 Å². The van der Waals surface area contributed by atoms with Gasteiger partial charge in [0.2, 0.25) is 0 Å². The van der Waals surface area contributed by atoms with E-state index in [0.717, 1.165) is 0 Å². The van der Waals surface area contributed by atoms with Crippen molar-refractivity contribution in [1.29, 1.82) is 0 Å². The number of carboxylic acids is 1. The molecule has 0 saturated carbocycles. The van der Waals surface area contributed by atoms with Gasteiger partial charge in [-0.2, -0.15) is 0 Å². The average Bonchev–Trinajstić information content (AvgIpc) is 2.10. The van der Waals surface area contributed by atoms with Crippen LogP contribution in [0, 0.1) is 0 Å². The SMILES string of the molecule is CN(CCCF)CC[C@H](N)C(=O)O. The predicted octanol–water partition coefficient (Wildman–Crippen LogP) is 0.0798. The Balaban J connectivity index is 3.45. The molecule has 0 aromatic carbocycles. The van der Waals surface area contributed by atoms with Gasteiger partial charge < -0.3 is 15.7 Å². The number of halogens is 1. The Morgan fingerprint density at radius 1 is 1.62 bits per heavy atom. The molecule has 0 fully saturated rings. The Hall–Kier alpha value is -0.680. The van der Waals surface area contributed by atoms with Crippen LogP contribution in [0.4, 0.5) is 4.39 Å². The first-order valence-electron chi connectivity index (χ1n) is 4.30. The van der Waals surface area contributed by atoms with E-state index in [0.29, 0.717) is 25.9 Å². The van der Waals surface area contributed by atoms with E-state index in [2.05, 4.69) is 0 Å². The molecule has 0 aromatic heterocycles. The third kappa shape index (κ3) is 6.48. The van der Waals surface area contributed by atoms with Gasteiger partial charge in [-0.1, -0.05) is 0 Å². The molecule has 3 N–H and O–H groups in total. The number of hydrogen-bond acceptors (Lipinski definition) is 3. The summed E-state index contributed by atoms with van der Waals surface area (Å²) in [4.78, 5) is 12.2. The topological polar surface area (TPSA) is 66.6 Å². The summed E-state index contributed by atoms with van der Waals surface area (Å²) in [6, 6.07) is -0.812. The molecule has 0 spiro atoms. The maximum Gasteiger partial charge on any atom is 0.320 e. The van der Waals surface area contributed by atoms with Crippen molar-refractivity contribution < 1.29 is 14.3 Å². The van der Waals surface area contributed by atoms with Crippen LogP contribution in [0.2, 0.25) is 0 Å². The first-order valence-corrected chi connectivity index (χ1v) is 4.30. The van der Waals surface area contributed by atoms with Gasteiger partial charge in [-0.15, -0.1) is 0 Å². The highest BCUT2D eigenvalue weighted by Crippen LogP contribution is 1.94. The van der Waals surface area contributed by atoms with Gasteiger partial charge in [0.15, 0.2) is 0 Å². The normalized spacial score (nSPS) is 13.2. The van der Waals surface area contributed by atoms with Crippen molar-refractivity contribution in [1.82, 2.24) is 4.90 Å². The quantitative estimate of drug-likeness (QED) is 0.599. The fraction of sp³-hybridized carbons (Fsp3) is 0.875. The van der Waals surface area contributed by atoms with Gasteiger partial charge in [0, 0.05) is 6.54 Å². The lowest BCUT2D eigenvalue weighted by molar-refractivity contribution is -0.138. The standard InChI is InChI=1S/C8H17FN2O2/c1-11(5-2-4-9)6-3-7(10)8(12)13/h7H,2-6,10H2,1H3,(H,12,13)/t7-/m0/s1. The summed E-state index contributed by atoms with van der Waals surface area (Å²) in [6.07, 6.45) is 0.886. The second kappa shape index (κ2) is 6.80. The summed E-state index contributed by atoms with van der Waals surface area (Å²) < 4.78 is 11.7. The third-order valence-corrected chi connectivity index (χ3v) is 1.81. The molecular formula is C8H17FN2O2. The van der Waals surface area contributed by atoms with Crippen LogP contribution in [0.5, 0.6) is 0 Å². The first-order chi connectivity index (χ1) is 6.07. The zero-order chi connectivity index (χ0) is 10.3. The Kier molecular flexibility index (Phi) is 6.44. The summed E-state index contributed by atoms with van der Waals surface area (Å²) in [6.45, 7) is 0.894. The third-order valence-electron chi connectivity index (χ3n) is 1.81. The van der Waals surface area contributed by atoms with E-state index in [-0.39, 0.29) is 6.67 Å². The van der Waals surface area contributed by atoms with Gasteiger partial charge in [-0.3, -0.25) is 9.18 Å². The van der Waals surface area contributed by atoms with Crippen molar-refractivity contribution in [3.8, 4) is 0 Å². The molecule has 5 heteroatoms. The molecule has 0 aliphatic carbocycles. The van der Waals surface area contributed by atoms with E-state index in [1.54, 1.807) is 0 Å². The van der Waals surface area contributed by atoms with Crippen LogP contribution in [-0.2, 0) is 4.79 Å². The van der Waals surface area contributed by atoms with E-state index < -0.39 is 12.0 Å². The Bertz CT molecular complexity index is 155. The summed E-state index contributed by atoms with van der Waals surface area (Å²) >= 11 is 0. The van der Waals surface area contributed by atoms with Crippen LogP contribution in [0.3, 0.4) is 0 Å². The fourth-order valence-electron chi connectivity index (χ4n) is 0.924. The van der Waals surface area contributed by atoms with Gasteiger partial charge in [0.25, 0.3) is 0 Å². The molecule has 0 radical (unpaired) electrons. The molecule has 0 aromatic rings. The van der Waals surface area contributed by atoms with E-state index >= 15 is 0 Å². The van der Waals surface area contributed by atoms with Crippen molar-refractivity contribution in [2.24, 2.45) is 5.73 Å². The van der Waals surface area contributed by atoms with Gasteiger partial charge in [0.05, 0.1) is 6.67 Å². The molecule has 4 nitrogen and oxygen atoms in total. The molecule has 0 unspecified atom stereocenters. The minimum Gasteiger partial charge on any atom is -0.480 e. The Labute approximate surface area is 77.5 Å². The summed E-state index contributed by atoms with van der Waals surface area (Å²) in [5, 5.41) is 8.47. The number of nitrogens with two attached hydrogens (primary N) is 1. The highest BCUT2D eigenvalue weighted by molar-refractivity contribution is 5.72. The van der Waals surface area contributed by atoms with Crippen LogP contribution in [0.25, 0.3) is 0 Å². The van der Waals surface area contributed by atoms with Crippen molar-refractivity contribution in [3.05, 3.63) is 0 Å². The molecule has 0 saturated heterocycles. The van der Waals surface area contributed by atoms with E-state index in [9.17, 15) is 9.18 Å². The smallest absolute Gasteiger partial charge is 0.320 e. The lowest BCUT2D eigenvalue weighted by Gasteiger charge is -2.16. The zero-order valence-corrected chi connectivity index (χ0v) is 7.87. The minimum absolute atomic E-state index is 0.338. The fourth-order valence-corrected chi connectivity index (χ4v) is 0.924. The van der Waals surface area contributed by atoms with Crippen molar-refractivity contribution in [2.75, 3.05) is 26.8 Å². The monoisotopic (exact) mass is 192 g/mol. The predicted molar refractivity (Wildman–Crippen MR) is 48.3 cm³/mol. The van der Waals surface area contributed by atoms with Crippen LogP contribution in [-0.4, -0.2) is 48.8 Å². The average molecular weight is 192 g/mol.